The predicted octanol–water partition coefficient (Wildman–Crippen LogP) is 2.32. The summed E-state index contributed by atoms with van der Waals surface area (Å²) in [4.78, 5) is 26.0. The number of nitrogens with one attached hydrogen (secondary N) is 1. The molecular formula is C15H24N4O2S. The van der Waals surface area contributed by atoms with Gasteiger partial charge in [-0.3, -0.25) is 9.59 Å². The van der Waals surface area contributed by atoms with E-state index in [1.165, 1.54) is 17.8 Å². The molecule has 1 aromatic heterocycles. The molecule has 2 rings (SSSR count). The first-order valence-corrected chi connectivity index (χ1v) is 8.69. The molecule has 6 nitrogen and oxygen atoms in total. The van der Waals surface area contributed by atoms with E-state index in [4.69, 9.17) is 0 Å². The van der Waals surface area contributed by atoms with E-state index in [9.17, 15) is 9.59 Å². The van der Waals surface area contributed by atoms with Gasteiger partial charge in [0.15, 0.2) is 0 Å². The molecule has 0 unspecified atom stereocenters. The Labute approximate surface area is 135 Å². The van der Waals surface area contributed by atoms with E-state index in [0.717, 1.165) is 24.5 Å². The minimum atomic E-state index is -0.176. The van der Waals surface area contributed by atoms with Gasteiger partial charge in [0.1, 0.15) is 5.01 Å². The molecular weight excluding hydrogens is 300 g/mol. The second-order valence-electron chi connectivity index (χ2n) is 6.15. The molecule has 0 saturated carbocycles. The van der Waals surface area contributed by atoms with Crippen molar-refractivity contribution in [2.24, 2.45) is 11.8 Å². The minimum Gasteiger partial charge on any atom is -0.342 e. The largest absolute Gasteiger partial charge is 0.342 e. The van der Waals surface area contributed by atoms with E-state index < -0.39 is 0 Å². The molecule has 1 fully saturated rings. The molecule has 2 amide bonds. The SMILES string of the molecule is CCc1nnc(NC(=O)CCC(=O)N2C[C@H](C)C[C@H](C)C2)s1. The molecule has 0 radical (unpaired) electrons. The van der Waals surface area contributed by atoms with Crippen molar-refractivity contribution < 1.29 is 9.59 Å². The average molecular weight is 324 g/mol. The molecule has 1 aliphatic heterocycles. The lowest BCUT2D eigenvalue weighted by molar-refractivity contribution is -0.135. The van der Waals surface area contributed by atoms with Crippen LogP contribution in [0.25, 0.3) is 0 Å². The number of likely N-dealkylation sites (tertiary alicyclic amines) is 1. The minimum absolute atomic E-state index is 0.0695. The lowest BCUT2D eigenvalue weighted by Gasteiger charge is -2.35. The third kappa shape index (κ3) is 4.76. The smallest absolute Gasteiger partial charge is 0.226 e. The van der Waals surface area contributed by atoms with Crippen LogP contribution in [0.5, 0.6) is 0 Å². The van der Waals surface area contributed by atoms with Crippen LogP contribution in [0, 0.1) is 11.8 Å². The maximum Gasteiger partial charge on any atom is 0.226 e. The Morgan fingerprint density at radius 1 is 1.23 bits per heavy atom. The van der Waals surface area contributed by atoms with Crippen molar-refractivity contribution in [2.75, 3.05) is 18.4 Å². The van der Waals surface area contributed by atoms with Gasteiger partial charge in [0.05, 0.1) is 0 Å². The van der Waals surface area contributed by atoms with Gasteiger partial charge in [-0.2, -0.15) is 0 Å². The number of aromatic nitrogens is 2. The topological polar surface area (TPSA) is 75.2 Å². The highest BCUT2D eigenvalue weighted by Crippen LogP contribution is 2.22. The van der Waals surface area contributed by atoms with Crippen LogP contribution in [-0.4, -0.2) is 40.0 Å². The van der Waals surface area contributed by atoms with Crippen molar-refractivity contribution in [2.45, 2.75) is 46.5 Å². The number of anilines is 1. The second kappa shape index (κ2) is 7.67. The standard InChI is InChI=1S/C15H24N4O2S/c1-4-13-17-18-15(22-13)16-12(20)5-6-14(21)19-8-10(2)7-11(3)9-19/h10-11H,4-9H2,1-3H3,(H,16,18,20)/t10-,11+. The molecule has 7 heteroatoms. The normalized spacial score (nSPS) is 21.7. The number of hydrogen-bond donors (Lipinski definition) is 1. The zero-order valence-corrected chi connectivity index (χ0v) is 14.3. The van der Waals surface area contributed by atoms with Crippen LogP contribution in [0.3, 0.4) is 0 Å². The molecule has 0 aromatic carbocycles. The Bertz CT molecular complexity index is 521. The molecule has 0 spiro atoms. The van der Waals surface area contributed by atoms with Gasteiger partial charge in [0.2, 0.25) is 16.9 Å². The number of aryl methyl sites for hydroxylation is 1. The number of piperidine rings is 1. The van der Waals surface area contributed by atoms with Crippen LogP contribution in [0.1, 0.15) is 45.0 Å². The number of rotatable bonds is 5. The molecule has 1 aromatic rings. The van der Waals surface area contributed by atoms with Crippen molar-refractivity contribution in [1.29, 1.82) is 0 Å². The van der Waals surface area contributed by atoms with Gasteiger partial charge in [-0.05, 0) is 24.7 Å². The van der Waals surface area contributed by atoms with Crippen LogP contribution in [0.2, 0.25) is 0 Å². The predicted molar refractivity (Wildman–Crippen MR) is 86.7 cm³/mol. The number of amides is 2. The first kappa shape index (κ1) is 16.9. The number of hydrogen-bond acceptors (Lipinski definition) is 5. The van der Waals surface area contributed by atoms with E-state index in [0.29, 0.717) is 17.0 Å². The van der Waals surface area contributed by atoms with Crippen molar-refractivity contribution in [3.8, 4) is 0 Å². The summed E-state index contributed by atoms with van der Waals surface area (Å²) in [5, 5.41) is 12.0. The van der Waals surface area contributed by atoms with E-state index in [-0.39, 0.29) is 24.7 Å². The summed E-state index contributed by atoms with van der Waals surface area (Å²) >= 11 is 1.37. The lowest BCUT2D eigenvalue weighted by Crippen LogP contribution is -2.42. The summed E-state index contributed by atoms with van der Waals surface area (Å²) in [6, 6.07) is 0. The van der Waals surface area contributed by atoms with E-state index >= 15 is 0 Å². The Kier molecular flexibility index (Phi) is 5.88. The summed E-state index contributed by atoms with van der Waals surface area (Å²) in [5.41, 5.74) is 0. The van der Waals surface area contributed by atoms with E-state index in [1.807, 2.05) is 11.8 Å². The maximum absolute atomic E-state index is 12.2. The zero-order chi connectivity index (χ0) is 16.1. The van der Waals surface area contributed by atoms with Gasteiger partial charge < -0.3 is 10.2 Å². The fourth-order valence-corrected chi connectivity index (χ4v) is 3.57. The molecule has 0 bridgehead atoms. The maximum atomic E-state index is 12.2. The molecule has 122 valence electrons. The quantitative estimate of drug-likeness (QED) is 0.902. The van der Waals surface area contributed by atoms with Crippen LogP contribution in [-0.2, 0) is 16.0 Å². The molecule has 1 saturated heterocycles. The van der Waals surface area contributed by atoms with Crippen LogP contribution in [0.15, 0.2) is 0 Å². The fourth-order valence-electron chi connectivity index (χ4n) is 2.87. The van der Waals surface area contributed by atoms with Crippen molar-refractivity contribution in [1.82, 2.24) is 15.1 Å². The second-order valence-corrected chi connectivity index (χ2v) is 7.21. The highest BCUT2D eigenvalue weighted by molar-refractivity contribution is 7.15. The third-order valence-corrected chi connectivity index (χ3v) is 4.79. The lowest BCUT2D eigenvalue weighted by atomic mass is 9.91. The summed E-state index contributed by atoms with van der Waals surface area (Å²) in [7, 11) is 0. The molecule has 1 aliphatic rings. The van der Waals surface area contributed by atoms with Crippen LogP contribution >= 0.6 is 11.3 Å². The Hall–Kier alpha value is -1.50. The van der Waals surface area contributed by atoms with Gasteiger partial charge in [-0.15, -0.1) is 10.2 Å². The van der Waals surface area contributed by atoms with Gasteiger partial charge in [-0.1, -0.05) is 32.1 Å². The summed E-state index contributed by atoms with van der Waals surface area (Å²) < 4.78 is 0. The average Bonchev–Trinajstić information content (AvgIpc) is 2.91. The molecule has 2 atom stereocenters. The summed E-state index contributed by atoms with van der Waals surface area (Å²) in [6.07, 6.45) is 2.42. The Balaban J connectivity index is 1.76. The van der Waals surface area contributed by atoms with Crippen molar-refractivity contribution >= 4 is 28.3 Å². The molecule has 22 heavy (non-hydrogen) atoms. The van der Waals surface area contributed by atoms with Gasteiger partial charge in [0, 0.05) is 25.9 Å². The van der Waals surface area contributed by atoms with Crippen molar-refractivity contribution in [3.05, 3.63) is 5.01 Å². The summed E-state index contributed by atoms with van der Waals surface area (Å²) in [6.45, 7) is 7.94. The molecule has 2 heterocycles. The fraction of sp³-hybridized carbons (Fsp3) is 0.733. The first-order valence-electron chi connectivity index (χ1n) is 7.88. The van der Waals surface area contributed by atoms with Gasteiger partial charge >= 0.3 is 0 Å². The zero-order valence-electron chi connectivity index (χ0n) is 13.5. The van der Waals surface area contributed by atoms with E-state index in [2.05, 4.69) is 29.4 Å². The first-order chi connectivity index (χ1) is 10.5. The van der Waals surface area contributed by atoms with Crippen molar-refractivity contribution in [3.63, 3.8) is 0 Å². The number of carbonyl (C=O) groups is 2. The summed E-state index contributed by atoms with van der Waals surface area (Å²) in [5.74, 6) is 0.969. The Morgan fingerprint density at radius 2 is 1.91 bits per heavy atom. The highest BCUT2D eigenvalue weighted by Gasteiger charge is 2.25. The van der Waals surface area contributed by atoms with Crippen LogP contribution in [0.4, 0.5) is 5.13 Å². The van der Waals surface area contributed by atoms with Crippen LogP contribution < -0.4 is 5.32 Å². The van der Waals surface area contributed by atoms with Gasteiger partial charge in [0.25, 0.3) is 0 Å². The number of carbonyl (C=O) groups excluding carboxylic acids is 2. The Morgan fingerprint density at radius 3 is 2.50 bits per heavy atom. The van der Waals surface area contributed by atoms with Gasteiger partial charge in [-0.25, -0.2) is 0 Å². The molecule has 1 N–H and O–H groups in total. The molecule has 0 aliphatic carbocycles. The van der Waals surface area contributed by atoms with E-state index in [1.54, 1.807) is 0 Å². The number of nitrogens with zero attached hydrogens (tertiary/aromatic N) is 3. The monoisotopic (exact) mass is 324 g/mol. The highest BCUT2D eigenvalue weighted by atomic mass is 32.1. The third-order valence-electron chi connectivity index (χ3n) is 3.80.